The van der Waals surface area contributed by atoms with Gasteiger partial charge in [0.15, 0.2) is 0 Å². The zero-order valence-electron chi connectivity index (χ0n) is 15.4. The molecule has 0 radical (unpaired) electrons. The van der Waals surface area contributed by atoms with Crippen LogP contribution >= 0.6 is 11.3 Å². The van der Waals surface area contributed by atoms with E-state index in [1.54, 1.807) is 7.05 Å². The van der Waals surface area contributed by atoms with E-state index in [4.69, 9.17) is 4.74 Å². The number of H-pyrrole nitrogens is 1. The normalized spacial score (nSPS) is 16.0. The second-order valence-corrected chi connectivity index (χ2v) is 7.99. The lowest BCUT2D eigenvalue weighted by Crippen LogP contribution is -2.56. The molecule has 3 rings (SSSR count). The highest BCUT2D eigenvalue weighted by molar-refractivity contribution is 7.17. The Bertz CT molecular complexity index is 825. The maximum absolute atomic E-state index is 12.4. The standard InChI is InChI=1S/C17H25N5O3S/c1-17(2,22-5-7-25-8-6-22)11-18-16(24)21(3)10-13-19-12-4-9-26-14(12)15(23)20-13/h4,9H,5-8,10-11H2,1-3H3,(H,18,24)(H,19,20,23). The molecule has 142 valence electrons. The van der Waals surface area contributed by atoms with Gasteiger partial charge in [-0.25, -0.2) is 9.78 Å². The minimum atomic E-state index is -0.195. The van der Waals surface area contributed by atoms with E-state index in [2.05, 4.69) is 34.0 Å². The molecule has 0 atom stereocenters. The number of rotatable bonds is 5. The topological polar surface area (TPSA) is 90.6 Å². The first-order chi connectivity index (χ1) is 12.4. The Morgan fingerprint density at radius 1 is 1.46 bits per heavy atom. The number of hydrogen-bond acceptors (Lipinski definition) is 6. The molecule has 2 aromatic heterocycles. The number of morpholine rings is 1. The minimum absolute atomic E-state index is 0.150. The maximum atomic E-state index is 12.4. The van der Waals surface area contributed by atoms with Gasteiger partial charge < -0.3 is 19.9 Å². The van der Waals surface area contributed by atoms with Crippen molar-refractivity contribution in [2.45, 2.75) is 25.9 Å². The molecule has 0 saturated carbocycles. The minimum Gasteiger partial charge on any atom is -0.379 e. The summed E-state index contributed by atoms with van der Waals surface area (Å²) >= 11 is 1.36. The van der Waals surface area contributed by atoms with Crippen molar-refractivity contribution in [1.29, 1.82) is 0 Å². The van der Waals surface area contributed by atoms with Crippen LogP contribution < -0.4 is 10.9 Å². The van der Waals surface area contributed by atoms with Crippen LogP contribution in [0.1, 0.15) is 19.7 Å². The average molecular weight is 379 g/mol. The number of carbonyl (C=O) groups excluding carboxylic acids is 1. The summed E-state index contributed by atoms with van der Waals surface area (Å²) in [7, 11) is 1.69. The highest BCUT2D eigenvalue weighted by Crippen LogP contribution is 2.16. The summed E-state index contributed by atoms with van der Waals surface area (Å²) in [5, 5.41) is 4.81. The van der Waals surface area contributed by atoms with Crippen molar-refractivity contribution in [2.24, 2.45) is 0 Å². The van der Waals surface area contributed by atoms with Crippen LogP contribution in [0.2, 0.25) is 0 Å². The van der Waals surface area contributed by atoms with Gasteiger partial charge in [-0.2, -0.15) is 0 Å². The van der Waals surface area contributed by atoms with Crippen molar-refractivity contribution < 1.29 is 9.53 Å². The van der Waals surface area contributed by atoms with Crippen LogP contribution in [-0.2, 0) is 11.3 Å². The monoisotopic (exact) mass is 379 g/mol. The summed E-state index contributed by atoms with van der Waals surface area (Å²) in [4.78, 5) is 35.5. The molecule has 0 unspecified atom stereocenters. The molecule has 2 aromatic rings. The zero-order chi connectivity index (χ0) is 18.7. The van der Waals surface area contributed by atoms with Gasteiger partial charge in [0.1, 0.15) is 10.5 Å². The van der Waals surface area contributed by atoms with Gasteiger partial charge in [-0.05, 0) is 25.3 Å². The number of carbonyl (C=O) groups is 1. The van der Waals surface area contributed by atoms with Crippen LogP contribution in [0.15, 0.2) is 16.2 Å². The van der Waals surface area contributed by atoms with E-state index in [1.807, 2.05) is 11.4 Å². The number of aromatic nitrogens is 2. The maximum Gasteiger partial charge on any atom is 0.317 e. The zero-order valence-corrected chi connectivity index (χ0v) is 16.2. The molecule has 2 N–H and O–H groups in total. The van der Waals surface area contributed by atoms with E-state index in [1.165, 1.54) is 16.2 Å². The number of aromatic amines is 1. The quantitative estimate of drug-likeness (QED) is 0.816. The molecule has 0 aromatic carbocycles. The predicted octanol–water partition coefficient (Wildman–Crippen LogP) is 1.24. The third kappa shape index (κ3) is 4.22. The molecule has 1 fully saturated rings. The summed E-state index contributed by atoms with van der Waals surface area (Å²) < 4.78 is 5.99. The lowest BCUT2D eigenvalue weighted by atomic mass is 10.0. The molecular weight excluding hydrogens is 354 g/mol. The Hall–Kier alpha value is -1.97. The van der Waals surface area contributed by atoms with Gasteiger partial charge in [0.25, 0.3) is 5.56 Å². The first kappa shape index (κ1) is 18.8. The van der Waals surface area contributed by atoms with Gasteiger partial charge in [0, 0.05) is 32.2 Å². The Balaban J connectivity index is 1.57. The highest BCUT2D eigenvalue weighted by Gasteiger charge is 2.29. The van der Waals surface area contributed by atoms with Gasteiger partial charge >= 0.3 is 6.03 Å². The van der Waals surface area contributed by atoms with Crippen molar-refractivity contribution in [1.82, 2.24) is 25.1 Å². The van der Waals surface area contributed by atoms with Crippen LogP contribution in [-0.4, -0.2) is 71.2 Å². The van der Waals surface area contributed by atoms with Crippen LogP contribution in [0.3, 0.4) is 0 Å². The summed E-state index contributed by atoms with van der Waals surface area (Å²) in [5.41, 5.74) is 0.348. The van der Waals surface area contributed by atoms with Crippen LogP contribution in [0.5, 0.6) is 0 Å². The van der Waals surface area contributed by atoms with Gasteiger partial charge in [-0.15, -0.1) is 11.3 Å². The third-order valence-corrected chi connectivity index (χ3v) is 5.54. The van der Waals surface area contributed by atoms with E-state index in [0.29, 0.717) is 22.6 Å². The molecule has 8 nitrogen and oxygen atoms in total. The summed E-state index contributed by atoms with van der Waals surface area (Å²) in [6.45, 7) is 8.18. The number of ether oxygens (including phenoxy) is 1. The van der Waals surface area contributed by atoms with Crippen molar-refractivity contribution >= 4 is 27.6 Å². The van der Waals surface area contributed by atoms with Gasteiger partial charge in [-0.1, -0.05) is 0 Å². The molecule has 1 aliphatic rings. The number of amides is 2. The van der Waals surface area contributed by atoms with Crippen molar-refractivity contribution in [3.63, 3.8) is 0 Å². The lowest BCUT2D eigenvalue weighted by molar-refractivity contribution is -0.00901. The molecule has 0 spiro atoms. The first-order valence-electron chi connectivity index (χ1n) is 8.65. The van der Waals surface area contributed by atoms with E-state index in [0.717, 1.165) is 26.3 Å². The number of nitrogens with one attached hydrogen (secondary N) is 2. The molecule has 2 amide bonds. The fraction of sp³-hybridized carbons (Fsp3) is 0.588. The lowest BCUT2D eigenvalue weighted by Gasteiger charge is -2.41. The fourth-order valence-corrected chi connectivity index (χ4v) is 3.73. The van der Waals surface area contributed by atoms with Gasteiger partial charge in [0.05, 0.1) is 25.3 Å². The van der Waals surface area contributed by atoms with Gasteiger partial charge in [-0.3, -0.25) is 9.69 Å². The largest absolute Gasteiger partial charge is 0.379 e. The Kier molecular flexibility index (Phi) is 5.59. The summed E-state index contributed by atoms with van der Waals surface area (Å²) in [6.07, 6.45) is 0. The van der Waals surface area contributed by atoms with Crippen LogP contribution in [0.25, 0.3) is 10.2 Å². The molecule has 26 heavy (non-hydrogen) atoms. The van der Waals surface area contributed by atoms with E-state index < -0.39 is 0 Å². The second kappa shape index (κ2) is 7.73. The molecule has 9 heteroatoms. The third-order valence-electron chi connectivity index (χ3n) is 4.64. The second-order valence-electron chi connectivity index (χ2n) is 7.07. The smallest absolute Gasteiger partial charge is 0.317 e. The molecule has 0 bridgehead atoms. The fourth-order valence-electron chi connectivity index (χ4n) is 3.00. The van der Waals surface area contributed by atoms with E-state index >= 15 is 0 Å². The van der Waals surface area contributed by atoms with Crippen molar-refractivity contribution in [3.05, 3.63) is 27.6 Å². The molecule has 3 heterocycles. The molecule has 1 aliphatic heterocycles. The number of thiophene rings is 1. The molecule has 1 saturated heterocycles. The highest BCUT2D eigenvalue weighted by atomic mass is 32.1. The van der Waals surface area contributed by atoms with Crippen molar-refractivity contribution in [2.75, 3.05) is 39.9 Å². The first-order valence-corrected chi connectivity index (χ1v) is 9.53. The Labute approximate surface area is 156 Å². The van der Waals surface area contributed by atoms with E-state index in [-0.39, 0.29) is 23.7 Å². The molecular formula is C17H25N5O3S. The van der Waals surface area contributed by atoms with E-state index in [9.17, 15) is 9.59 Å². The van der Waals surface area contributed by atoms with Crippen LogP contribution in [0, 0.1) is 0 Å². The predicted molar refractivity (Wildman–Crippen MR) is 102 cm³/mol. The summed E-state index contributed by atoms with van der Waals surface area (Å²) in [6, 6.07) is 1.61. The number of hydrogen-bond donors (Lipinski definition) is 2. The number of urea groups is 1. The number of fused-ring (bicyclic) bond motifs is 1. The molecule has 0 aliphatic carbocycles. The number of nitrogens with zero attached hydrogens (tertiary/aromatic N) is 3. The van der Waals surface area contributed by atoms with Crippen molar-refractivity contribution in [3.8, 4) is 0 Å². The van der Waals surface area contributed by atoms with Gasteiger partial charge in [0.2, 0.25) is 0 Å². The van der Waals surface area contributed by atoms with Crippen LogP contribution in [0.4, 0.5) is 4.79 Å². The summed E-state index contributed by atoms with van der Waals surface area (Å²) in [5.74, 6) is 0.478. The Morgan fingerprint density at radius 3 is 2.92 bits per heavy atom. The Morgan fingerprint density at radius 2 is 2.19 bits per heavy atom. The average Bonchev–Trinajstić information content (AvgIpc) is 3.09. The SMILES string of the molecule is CN(Cc1nc2ccsc2c(=O)[nH]1)C(=O)NCC(C)(C)N1CCOCC1.